The van der Waals surface area contributed by atoms with Crippen LogP contribution in [-0.2, 0) is 18.1 Å². The van der Waals surface area contributed by atoms with Crippen molar-refractivity contribution in [3.63, 3.8) is 0 Å². The van der Waals surface area contributed by atoms with Crippen LogP contribution in [0.4, 0.5) is 0 Å². The summed E-state index contributed by atoms with van der Waals surface area (Å²) in [5.41, 5.74) is 1.81. The first-order valence-corrected chi connectivity index (χ1v) is 5.55. The Bertz CT molecular complexity index is 488. The predicted molar refractivity (Wildman–Crippen MR) is 65.7 cm³/mol. The van der Waals surface area contributed by atoms with E-state index in [-0.39, 0.29) is 5.78 Å². The summed E-state index contributed by atoms with van der Waals surface area (Å²) >= 11 is 0. The van der Waals surface area contributed by atoms with Gasteiger partial charge in [-0.2, -0.15) is 0 Å². The zero-order chi connectivity index (χ0) is 12.1. The summed E-state index contributed by atoms with van der Waals surface area (Å²) in [5.74, 6) is 0.0540. The molecule has 88 valence electrons. The number of rotatable bonds is 5. The minimum Gasteiger partial charge on any atom is -0.356 e. The van der Waals surface area contributed by atoms with E-state index in [9.17, 15) is 4.79 Å². The van der Waals surface area contributed by atoms with E-state index in [1.807, 2.05) is 47.2 Å². The highest BCUT2D eigenvalue weighted by molar-refractivity contribution is 5.92. The summed E-state index contributed by atoms with van der Waals surface area (Å²) in [5, 5.41) is 0. The number of hydrogen-bond acceptors (Lipinski definition) is 2. The van der Waals surface area contributed by atoms with Gasteiger partial charge in [0.15, 0.2) is 5.78 Å². The van der Waals surface area contributed by atoms with Crippen molar-refractivity contribution >= 4 is 5.78 Å². The summed E-state index contributed by atoms with van der Waals surface area (Å²) in [7, 11) is 0. The zero-order valence-corrected chi connectivity index (χ0v) is 9.80. The molecule has 2 aromatic rings. The molecule has 0 saturated heterocycles. The molecule has 0 fully saturated rings. The fraction of sp³-hybridized carbons (Fsp3) is 0.214. The second-order valence-electron chi connectivity index (χ2n) is 3.88. The standard InChI is InChI=1S/C14H15NO2/c1-12(16)14-8-5-9-15(14)11-17-10-13-6-3-2-4-7-13/h2-9H,10-11H2,1H3. The Hall–Kier alpha value is -1.87. The second-order valence-corrected chi connectivity index (χ2v) is 3.88. The zero-order valence-electron chi connectivity index (χ0n) is 9.80. The average molecular weight is 229 g/mol. The molecule has 3 nitrogen and oxygen atoms in total. The van der Waals surface area contributed by atoms with E-state index in [4.69, 9.17) is 4.74 Å². The Morgan fingerprint density at radius 2 is 1.94 bits per heavy atom. The van der Waals surface area contributed by atoms with E-state index in [1.54, 1.807) is 13.0 Å². The van der Waals surface area contributed by atoms with Crippen LogP contribution in [0.15, 0.2) is 48.7 Å². The number of carbonyl (C=O) groups excluding carboxylic acids is 1. The van der Waals surface area contributed by atoms with Gasteiger partial charge in [0.2, 0.25) is 0 Å². The van der Waals surface area contributed by atoms with Gasteiger partial charge in [0.05, 0.1) is 12.3 Å². The molecule has 0 aliphatic heterocycles. The van der Waals surface area contributed by atoms with Crippen LogP contribution in [0.2, 0.25) is 0 Å². The van der Waals surface area contributed by atoms with Crippen LogP contribution in [-0.4, -0.2) is 10.4 Å². The van der Waals surface area contributed by atoms with Crippen LogP contribution in [0.25, 0.3) is 0 Å². The maximum Gasteiger partial charge on any atom is 0.176 e. The lowest BCUT2D eigenvalue weighted by Crippen LogP contribution is -2.08. The smallest absolute Gasteiger partial charge is 0.176 e. The first-order chi connectivity index (χ1) is 8.27. The monoisotopic (exact) mass is 229 g/mol. The number of benzene rings is 1. The summed E-state index contributed by atoms with van der Waals surface area (Å²) in [6, 6.07) is 13.6. The lowest BCUT2D eigenvalue weighted by atomic mass is 10.2. The first-order valence-electron chi connectivity index (χ1n) is 5.55. The molecule has 0 radical (unpaired) electrons. The Balaban J connectivity index is 1.90. The summed E-state index contributed by atoms with van der Waals surface area (Å²) in [6.07, 6.45) is 1.85. The molecule has 0 aliphatic carbocycles. The predicted octanol–water partition coefficient (Wildman–Crippen LogP) is 2.87. The largest absolute Gasteiger partial charge is 0.356 e. The maximum absolute atomic E-state index is 11.3. The number of ether oxygens (including phenoxy) is 1. The van der Waals surface area contributed by atoms with Gasteiger partial charge < -0.3 is 9.30 Å². The highest BCUT2D eigenvalue weighted by Gasteiger charge is 2.04. The number of carbonyl (C=O) groups is 1. The van der Waals surface area contributed by atoms with Crippen molar-refractivity contribution < 1.29 is 9.53 Å². The minimum atomic E-state index is 0.0540. The lowest BCUT2D eigenvalue weighted by Gasteiger charge is -2.08. The minimum absolute atomic E-state index is 0.0540. The van der Waals surface area contributed by atoms with Gasteiger partial charge in [-0.3, -0.25) is 4.79 Å². The third kappa shape index (κ3) is 3.04. The normalized spacial score (nSPS) is 10.4. The van der Waals surface area contributed by atoms with Crippen molar-refractivity contribution in [1.29, 1.82) is 0 Å². The van der Waals surface area contributed by atoms with Crippen LogP contribution in [0.5, 0.6) is 0 Å². The fourth-order valence-electron chi connectivity index (χ4n) is 1.68. The molecule has 1 aromatic heterocycles. The van der Waals surface area contributed by atoms with Crippen molar-refractivity contribution in [3.05, 3.63) is 59.9 Å². The number of ketones is 1. The molecule has 0 aliphatic rings. The van der Waals surface area contributed by atoms with E-state index in [0.29, 0.717) is 19.0 Å². The van der Waals surface area contributed by atoms with Crippen molar-refractivity contribution in [2.24, 2.45) is 0 Å². The molecule has 0 atom stereocenters. The van der Waals surface area contributed by atoms with E-state index in [0.717, 1.165) is 5.56 Å². The Morgan fingerprint density at radius 3 is 2.65 bits per heavy atom. The van der Waals surface area contributed by atoms with Gasteiger partial charge in [0.1, 0.15) is 6.73 Å². The van der Waals surface area contributed by atoms with Crippen LogP contribution < -0.4 is 0 Å². The number of nitrogens with zero attached hydrogens (tertiary/aromatic N) is 1. The quantitative estimate of drug-likeness (QED) is 0.738. The topological polar surface area (TPSA) is 31.2 Å². The highest BCUT2D eigenvalue weighted by atomic mass is 16.5. The molecule has 3 heteroatoms. The average Bonchev–Trinajstić information content (AvgIpc) is 2.79. The molecule has 0 saturated carbocycles. The van der Waals surface area contributed by atoms with E-state index >= 15 is 0 Å². The third-order valence-electron chi connectivity index (χ3n) is 2.53. The van der Waals surface area contributed by atoms with Crippen LogP contribution >= 0.6 is 0 Å². The molecular weight excluding hydrogens is 214 g/mol. The van der Waals surface area contributed by atoms with Gasteiger partial charge in [-0.1, -0.05) is 30.3 Å². The van der Waals surface area contributed by atoms with E-state index in [1.165, 1.54) is 0 Å². The van der Waals surface area contributed by atoms with Gasteiger partial charge in [0, 0.05) is 13.1 Å². The second kappa shape index (κ2) is 5.46. The molecule has 0 unspecified atom stereocenters. The van der Waals surface area contributed by atoms with Gasteiger partial charge in [-0.25, -0.2) is 0 Å². The molecule has 1 aromatic carbocycles. The molecule has 17 heavy (non-hydrogen) atoms. The van der Waals surface area contributed by atoms with Crippen LogP contribution in [0, 0.1) is 0 Å². The maximum atomic E-state index is 11.3. The van der Waals surface area contributed by atoms with Crippen LogP contribution in [0.1, 0.15) is 23.0 Å². The summed E-state index contributed by atoms with van der Waals surface area (Å²) < 4.78 is 7.38. The summed E-state index contributed by atoms with van der Waals surface area (Å²) in [4.78, 5) is 11.3. The van der Waals surface area contributed by atoms with E-state index < -0.39 is 0 Å². The molecule has 0 spiro atoms. The number of Topliss-reactive ketones (excluding diaryl/α,β-unsaturated/α-hetero) is 1. The molecular formula is C14H15NO2. The van der Waals surface area contributed by atoms with Crippen molar-refractivity contribution in [2.75, 3.05) is 0 Å². The Labute approximate surface area is 101 Å². The molecule has 1 heterocycles. The molecule has 2 rings (SSSR count). The molecule has 0 amide bonds. The lowest BCUT2D eigenvalue weighted by molar-refractivity contribution is 0.0613. The van der Waals surface area contributed by atoms with Gasteiger partial charge in [-0.15, -0.1) is 0 Å². The van der Waals surface area contributed by atoms with Crippen molar-refractivity contribution in [2.45, 2.75) is 20.3 Å². The van der Waals surface area contributed by atoms with Gasteiger partial charge in [0.25, 0.3) is 0 Å². The number of aromatic nitrogens is 1. The van der Waals surface area contributed by atoms with Crippen LogP contribution in [0.3, 0.4) is 0 Å². The number of hydrogen-bond donors (Lipinski definition) is 0. The third-order valence-corrected chi connectivity index (χ3v) is 2.53. The van der Waals surface area contributed by atoms with Crippen molar-refractivity contribution in [1.82, 2.24) is 4.57 Å². The molecule has 0 N–H and O–H groups in total. The Morgan fingerprint density at radius 1 is 1.18 bits per heavy atom. The van der Waals surface area contributed by atoms with Gasteiger partial charge >= 0.3 is 0 Å². The van der Waals surface area contributed by atoms with Crippen molar-refractivity contribution in [3.8, 4) is 0 Å². The highest BCUT2D eigenvalue weighted by Crippen LogP contribution is 2.06. The SMILES string of the molecule is CC(=O)c1cccn1COCc1ccccc1. The first kappa shape index (κ1) is 11.6. The fourth-order valence-corrected chi connectivity index (χ4v) is 1.68. The Kier molecular flexibility index (Phi) is 3.73. The van der Waals surface area contributed by atoms with Gasteiger partial charge in [-0.05, 0) is 17.7 Å². The summed E-state index contributed by atoms with van der Waals surface area (Å²) in [6.45, 7) is 2.51. The van der Waals surface area contributed by atoms with E-state index in [2.05, 4.69) is 0 Å². The molecule has 0 bridgehead atoms.